The predicted octanol–water partition coefficient (Wildman–Crippen LogP) is 28.4. The maximum Gasteiger partial charge on any atom is 0.416 e. The third-order valence-corrected chi connectivity index (χ3v) is 28.8. The van der Waals surface area contributed by atoms with Gasteiger partial charge < -0.3 is 62.6 Å². The van der Waals surface area contributed by atoms with Crippen LogP contribution >= 0.6 is 45.2 Å². The van der Waals surface area contributed by atoms with E-state index in [1.165, 1.54) is 132 Å². The Labute approximate surface area is 876 Å². The molecule has 786 valence electrons. The van der Waals surface area contributed by atoms with Crippen molar-refractivity contribution in [3.8, 4) is 0 Å². The number of hydrogen-bond donors (Lipinski definition) is 8. The summed E-state index contributed by atoms with van der Waals surface area (Å²) in [6.45, 7) is 13.6. The van der Waals surface area contributed by atoms with E-state index in [2.05, 4.69) is 31.7 Å². The van der Waals surface area contributed by atoms with Gasteiger partial charge in [-0.25, -0.2) is 13.2 Å². The molecule has 146 heavy (non-hydrogen) atoms. The number of carbonyl (C=O) groups excluding carboxylic acids is 6. The first kappa shape index (κ1) is 109. The van der Waals surface area contributed by atoms with Gasteiger partial charge in [0.05, 0.1) is 92.6 Å². The van der Waals surface area contributed by atoms with Crippen LogP contribution in [0.1, 0.15) is 262 Å². The molecular formula is C111H125F15I2N10O8. The number of benzene rings is 10. The molecule has 3 aliphatic heterocycles. The number of hydrogen-bond acceptors (Lipinski definition) is 13. The van der Waals surface area contributed by atoms with Gasteiger partial charge in [0.1, 0.15) is 17.5 Å². The lowest BCUT2D eigenvalue weighted by atomic mass is 9.83. The fourth-order valence-electron chi connectivity index (χ4n) is 19.7. The minimum absolute atomic E-state index is 0. The molecule has 6 aliphatic rings. The summed E-state index contributed by atoms with van der Waals surface area (Å²) >= 11 is 3.81. The molecular weight excluding hydrogens is 2140 g/mol. The summed E-state index contributed by atoms with van der Waals surface area (Å²) in [5.41, 5.74) is 14.6. The van der Waals surface area contributed by atoms with Crippen molar-refractivity contribution >= 4 is 120 Å². The molecule has 0 bridgehead atoms. The van der Waals surface area contributed by atoms with E-state index in [1.54, 1.807) is 67.8 Å². The summed E-state index contributed by atoms with van der Waals surface area (Å²) in [5.74, 6) is -6.80. The number of alkyl halides is 12. The van der Waals surface area contributed by atoms with Gasteiger partial charge in [-0.3, -0.25) is 28.8 Å². The van der Waals surface area contributed by atoms with E-state index in [9.17, 15) is 94.6 Å². The van der Waals surface area contributed by atoms with Gasteiger partial charge in [-0.15, -0.1) is 0 Å². The summed E-state index contributed by atoms with van der Waals surface area (Å²) in [6.07, 6.45) is -0.907. The van der Waals surface area contributed by atoms with Gasteiger partial charge in [0.15, 0.2) is 0 Å². The first-order chi connectivity index (χ1) is 70.7. The number of likely N-dealkylation sites (tertiary alicyclic amines) is 3. The van der Waals surface area contributed by atoms with E-state index in [1.807, 2.05) is 118 Å². The number of halogens is 17. The molecule has 0 unspecified atom stereocenters. The molecule has 3 saturated carbocycles. The highest BCUT2D eigenvalue weighted by Gasteiger charge is 2.47. The quantitative estimate of drug-likeness (QED) is 0.0172. The molecule has 3 heterocycles. The molecule has 5 amide bonds. The molecule has 6 fully saturated rings. The number of ether oxygens (including phenoxy) is 1. The van der Waals surface area contributed by atoms with Crippen LogP contribution in [-0.2, 0) is 43.8 Å². The van der Waals surface area contributed by atoms with Crippen molar-refractivity contribution < 1.29 is 110 Å². The predicted molar refractivity (Wildman–Crippen MR) is 558 cm³/mol. The molecule has 3 aliphatic carbocycles. The van der Waals surface area contributed by atoms with Gasteiger partial charge in [0.25, 0.3) is 17.7 Å². The van der Waals surface area contributed by atoms with Crippen molar-refractivity contribution in [1.29, 1.82) is 1.43 Å². The van der Waals surface area contributed by atoms with Gasteiger partial charge >= 0.3 is 30.7 Å². The molecule has 16 rings (SSSR count). The number of nitrogens with zero attached hydrogens (tertiary/aromatic N) is 3. The fraction of sp³-hybridized carbons (Fsp3) is 0.405. The molecule has 0 spiro atoms. The number of nitrogens with two attached hydrogens (primary N) is 2. The number of piperidine rings is 3. The number of nitrogens with one attached hydrogen (secondary N) is 5. The van der Waals surface area contributed by atoms with E-state index in [4.69, 9.17) is 23.1 Å². The lowest BCUT2D eigenvalue weighted by Gasteiger charge is -2.41. The van der Waals surface area contributed by atoms with Gasteiger partial charge in [0, 0.05) is 86.1 Å². The van der Waals surface area contributed by atoms with E-state index in [0.29, 0.717) is 105 Å². The summed E-state index contributed by atoms with van der Waals surface area (Å²) < 4.78 is 239. The number of amides is 5. The number of anilines is 7. The molecule has 35 heteroatoms. The molecule has 6 atom stereocenters. The monoisotopic (exact) mass is 2270 g/mol. The molecule has 10 aromatic rings. The Balaban J connectivity index is 0.000000202. The molecule has 3 saturated heterocycles. The Hall–Kier alpha value is -11.6. The van der Waals surface area contributed by atoms with Gasteiger partial charge in [-0.05, 0) is 336 Å². The van der Waals surface area contributed by atoms with Crippen LogP contribution in [0.2, 0.25) is 0 Å². The average Bonchev–Trinajstić information content (AvgIpc) is 1.72. The Morgan fingerprint density at radius 2 is 0.733 bits per heavy atom. The topological polar surface area (TPSA) is 254 Å². The Kier molecular flexibility index (Phi) is 38.5. The zero-order valence-corrected chi connectivity index (χ0v) is 85.6. The number of nitrogen functional groups attached to an aromatic ring is 2. The maximum atomic E-state index is 15.0. The van der Waals surface area contributed by atoms with E-state index >= 15 is 0 Å². The zero-order chi connectivity index (χ0) is 110. The van der Waals surface area contributed by atoms with Crippen LogP contribution in [0.5, 0.6) is 0 Å². The van der Waals surface area contributed by atoms with Crippen LogP contribution in [-0.4, -0.2) is 108 Å². The normalized spacial score (nSPS) is 18.7. The number of rotatable bonds is 18. The largest absolute Gasteiger partial charge is 0.466 e. The van der Waals surface area contributed by atoms with Crippen molar-refractivity contribution in [2.24, 2.45) is 17.8 Å². The van der Waals surface area contributed by atoms with Gasteiger partial charge in [-0.1, -0.05) is 131 Å². The molecule has 10 aromatic carbocycles. The van der Waals surface area contributed by atoms with Gasteiger partial charge in [-0.2, -0.15) is 52.7 Å². The number of aryl methyl sites for hydroxylation is 7. The second-order valence-electron chi connectivity index (χ2n) is 37.2. The van der Waals surface area contributed by atoms with Crippen molar-refractivity contribution in [3.05, 3.63) is 307 Å². The highest BCUT2D eigenvalue weighted by molar-refractivity contribution is 14.1. The molecule has 10 N–H and O–H groups in total. The number of aliphatic hydroxyl groups is 1. The fourth-order valence-corrected chi connectivity index (χ4v) is 21.1. The standard InChI is InChI=1S/C33H34F4IN3O2.C33H35F4N3O2.C27H33FN2O3.C8H7F3IN.C8H8F3N.CH4O.CH4/c1-19-7-5-11-26(34)29(19)32(43)41-16-6-10-24(30(41)21-12-14-23(15-13-21)39-22-8-3-4-9-22)31(42)40-28-18-25(33(35,36)37)20(2)17-27(28)38;1-20-12-15-25(19-27(20)33(35,36)37)39-31(41)26-10-6-18-40(32(42)29-21(2)7-5-11-28(29)34)30(26)22-13-16-24(17-14-22)38-23-8-3-4-9-23;1-3-33-27(32)22-11-7-17-30(26(31)24-18(2)8-6-12-23(24)28)25(22)19-13-15-21(16-14-19)29-20-9-4-5-10-20;1-4-2-6(12)7(13)3-5(4)8(9,10)11;1-5-2-3-6(12)4-7(5)8(9,10)11;1-2;/h5,7,11-15,17-18,22,24,30,39H,3-4,6,8-10,16H2,1-2H3,(H,40,42);5,7,11-17,19,23,26,30,38H,3-4,6,8-10,18H2,1-2H3,(H,39,41);6,8,12-16,20,22,25,29H,3-5,7,9-11,17H2,1-2H3;2-3H,13H2,1H3;2-4H,12H2,1H3;2H,1H3;1H4/t24-,30-;26-,30-;22-,25-;;;;/m000..../s1/i;15D;;;;1D3,2D;. The first-order valence-electron chi connectivity index (χ1n) is 50.4. The van der Waals surface area contributed by atoms with Crippen molar-refractivity contribution in [2.45, 2.75) is 239 Å². The van der Waals surface area contributed by atoms with Crippen molar-refractivity contribution in [2.75, 3.05) is 71.3 Å². The highest BCUT2D eigenvalue weighted by atomic mass is 127. The minimum atomic E-state index is -4.65. The average molecular weight is 2270 g/mol. The van der Waals surface area contributed by atoms with Crippen molar-refractivity contribution in [1.82, 2.24) is 14.7 Å². The van der Waals surface area contributed by atoms with Crippen LogP contribution in [0.25, 0.3) is 0 Å². The summed E-state index contributed by atoms with van der Waals surface area (Å²) in [4.78, 5) is 86.6. The molecule has 0 radical (unpaired) electrons. The zero-order valence-electron chi connectivity index (χ0n) is 86.3. The van der Waals surface area contributed by atoms with Crippen LogP contribution in [0, 0.1) is 90.8 Å². The lowest BCUT2D eigenvalue weighted by Crippen LogP contribution is -2.46. The Morgan fingerprint density at radius 3 is 1.08 bits per heavy atom. The minimum Gasteiger partial charge on any atom is -0.466 e. The highest BCUT2D eigenvalue weighted by Crippen LogP contribution is 2.47. The number of esters is 1. The smallest absolute Gasteiger partial charge is 0.416 e. The van der Waals surface area contributed by atoms with Crippen LogP contribution < -0.4 is 38.1 Å². The lowest BCUT2D eigenvalue weighted by molar-refractivity contribution is -0.152. The van der Waals surface area contributed by atoms with Crippen LogP contribution in [0.3, 0.4) is 0 Å². The van der Waals surface area contributed by atoms with Gasteiger partial charge in [0.2, 0.25) is 13.2 Å². The van der Waals surface area contributed by atoms with E-state index < -0.39 is 131 Å². The third kappa shape index (κ3) is 29.9. The summed E-state index contributed by atoms with van der Waals surface area (Å²) in [7, 11) is -2.54. The van der Waals surface area contributed by atoms with Crippen molar-refractivity contribution in [3.63, 3.8) is 0 Å². The first-order valence-corrected chi connectivity index (χ1v) is 50.1. The van der Waals surface area contributed by atoms with E-state index in [0.717, 1.165) is 78.6 Å². The maximum absolute atomic E-state index is 15.0. The van der Waals surface area contributed by atoms with Crippen LogP contribution in [0.4, 0.5) is 106 Å². The SMILES string of the molecule is C.CCOC(=O)[C@H]1CCCN(C(=O)c2c(C)cccc2F)[C@H]1c1ccc(NC2CCCC2)cc1.Cc1cc(I)c(N)cc1C(F)(F)F.Cc1cc(I)c(NC(=O)[C@H]2CCCN(C(=O)c3c(C)cccc3F)[C@H]2c2ccc(NC3CCCC3)cc2)cc1C(F)(F)F.Cc1ccc(N)cc1C(F)(F)F.[2H]OC([2H])([2H])[2H].[2H]c1cc(C)c(C(F)(F)F)cc1NC(=O)[C@H]1CCCN(C(=O)c2c(C)cccc2F)[C@H]1c1ccc(NC2CCCC2)cc1. The van der Waals surface area contributed by atoms with E-state index in [-0.39, 0.29) is 100 Å². The third-order valence-electron chi connectivity index (χ3n) is 27.0. The summed E-state index contributed by atoms with van der Waals surface area (Å²) in [6, 6.07) is 45.9. The number of carbonyl (C=O) groups is 6. The van der Waals surface area contributed by atoms with Crippen LogP contribution in [0.15, 0.2) is 188 Å². The summed E-state index contributed by atoms with van der Waals surface area (Å²) in [5, 5.41) is 19.1. The Bertz CT molecular complexity index is 6090. The molecule has 18 nitrogen and oxygen atoms in total. The second-order valence-corrected chi connectivity index (χ2v) is 39.5. The second kappa shape index (κ2) is 51.8. The Morgan fingerprint density at radius 1 is 0.404 bits per heavy atom. The molecule has 0 aromatic heterocycles.